The van der Waals surface area contributed by atoms with Gasteiger partial charge < -0.3 is 9.69 Å². The van der Waals surface area contributed by atoms with Gasteiger partial charge in [0.05, 0.1) is 6.04 Å². The van der Waals surface area contributed by atoms with Crippen LogP contribution in [0.5, 0.6) is 0 Å². The third kappa shape index (κ3) is 3.64. The lowest BCUT2D eigenvalue weighted by Gasteiger charge is -2.29. The van der Waals surface area contributed by atoms with Crippen LogP contribution in [0.25, 0.3) is 0 Å². The molecule has 0 spiro atoms. The van der Waals surface area contributed by atoms with E-state index in [-0.39, 0.29) is 30.4 Å². The van der Waals surface area contributed by atoms with E-state index < -0.39 is 6.04 Å². The van der Waals surface area contributed by atoms with Gasteiger partial charge >= 0.3 is 0 Å². The van der Waals surface area contributed by atoms with Crippen molar-refractivity contribution in [3.63, 3.8) is 0 Å². The smallest absolute Gasteiger partial charge is 0.223 e. The van der Waals surface area contributed by atoms with E-state index >= 15 is 0 Å². The molecule has 1 aromatic rings. The van der Waals surface area contributed by atoms with Crippen molar-refractivity contribution < 1.29 is 14.4 Å². The van der Waals surface area contributed by atoms with E-state index in [0.29, 0.717) is 18.8 Å². The molecule has 23 heavy (non-hydrogen) atoms. The van der Waals surface area contributed by atoms with Gasteiger partial charge in [-0.15, -0.1) is 0 Å². The molecule has 0 aromatic heterocycles. The first-order valence-electron chi connectivity index (χ1n) is 7.89. The number of hydrogen-bond donors (Lipinski definition) is 1. The minimum absolute atomic E-state index is 0.0150. The highest BCUT2D eigenvalue weighted by Crippen LogP contribution is 2.22. The molecule has 2 aliphatic rings. The molecule has 0 saturated carbocycles. The molecule has 2 heterocycles. The SMILES string of the molecule is O=C[C@@H]1CSNC1C(=O)CCC(=O)N1CCc2ccccc2C1. The van der Waals surface area contributed by atoms with Gasteiger partial charge in [0.2, 0.25) is 5.91 Å². The number of aldehydes is 1. The van der Waals surface area contributed by atoms with E-state index in [0.717, 1.165) is 12.7 Å². The topological polar surface area (TPSA) is 66.5 Å². The summed E-state index contributed by atoms with van der Waals surface area (Å²) in [7, 11) is 0. The zero-order valence-electron chi connectivity index (χ0n) is 12.9. The summed E-state index contributed by atoms with van der Waals surface area (Å²) in [5.41, 5.74) is 2.49. The first-order valence-corrected chi connectivity index (χ1v) is 8.87. The minimum atomic E-state index is -0.438. The average Bonchev–Trinajstić information content (AvgIpc) is 3.07. The first kappa shape index (κ1) is 16.2. The summed E-state index contributed by atoms with van der Waals surface area (Å²) in [4.78, 5) is 37.3. The molecule has 0 radical (unpaired) electrons. The standard InChI is InChI=1S/C17H20N2O3S/c20-10-14-11-23-18-17(14)15(21)5-6-16(22)19-8-7-12-3-1-2-4-13(12)9-19/h1-4,10,14,17-18H,5-9,11H2/t14-,17?/m1/s1. The molecule has 5 nitrogen and oxygen atoms in total. The largest absolute Gasteiger partial charge is 0.338 e. The summed E-state index contributed by atoms with van der Waals surface area (Å²) >= 11 is 1.40. The van der Waals surface area contributed by atoms with Crippen LogP contribution >= 0.6 is 11.9 Å². The third-order valence-corrected chi connectivity index (χ3v) is 5.48. The van der Waals surface area contributed by atoms with Crippen LogP contribution in [0.1, 0.15) is 24.0 Å². The van der Waals surface area contributed by atoms with Crippen LogP contribution in [0, 0.1) is 5.92 Å². The lowest BCUT2D eigenvalue weighted by molar-refractivity contribution is -0.134. The number of rotatable bonds is 5. The van der Waals surface area contributed by atoms with Crippen molar-refractivity contribution in [2.24, 2.45) is 5.92 Å². The second-order valence-electron chi connectivity index (χ2n) is 6.01. The van der Waals surface area contributed by atoms with Crippen molar-refractivity contribution in [3.8, 4) is 0 Å². The molecule has 0 bridgehead atoms. The van der Waals surface area contributed by atoms with Crippen molar-refractivity contribution in [1.29, 1.82) is 0 Å². The lowest BCUT2D eigenvalue weighted by atomic mass is 9.96. The molecular weight excluding hydrogens is 312 g/mol. The number of hydrogen-bond acceptors (Lipinski definition) is 5. The summed E-state index contributed by atoms with van der Waals surface area (Å²) in [5, 5.41) is 0. The summed E-state index contributed by atoms with van der Waals surface area (Å²) in [6.45, 7) is 1.33. The Balaban J connectivity index is 1.52. The summed E-state index contributed by atoms with van der Waals surface area (Å²) < 4.78 is 2.98. The number of ketones is 1. The Labute approximate surface area is 139 Å². The van der Waals surface area contributed by atoms with Crippen molar-refractivity contribution >= 4 is 29.9 Å². The van der Waals surface area contributed by atoms with Crippen LogP contribution in [-0.4, -0.2) is 41.2 Å². The molecule has 1 amide bonds. The number of nitrogens with zero attached hydrogens (tertiary/aromatic N) is 1. The zero-order valence-corrected chi connectivity index (χ0v) is 13.7. The number of fused-ring (bicyclic) bond motifs is 1. The van der Waals surface area contributed by atoms with Crippen molar-refractivity contribution in [2.75, 3.05) is 12.3 Å². The van der Waals surface area contributed by atoms with Gasteiger partial charge in [0.1, 0.15) is 6.29 Å². The van der Waals surface area contributed by atoms with Crippen LogP contribution < -0.4 is 4.72 Å². The van der Waals surface area contributed by atoms with Gasteiger partial charge in [0.25, 0.3) is 0 Å². The highest BCUT2D eigenvalue weighted by Gasteiger charge is 2.33. The normalized spacial score (nSPS) is 23.4. The highest BCUT2D eigenvalue weighted by molar-refractivity contribution is 7.97. The Kier molecular flexibility index (Phi) is 5.13. The summed E-state index contributed by atoms with van der Waals surface area (Å²) in [6.07, 6.45) is 2.11. The molecule has 6 heteroatoms. The maximum absolute atomic E-state index is 12.4. The van der Waals surface area contributed by atoms with Crippen molar-refractivity contribution in [1.82, 2.24) is 9.62 Å². The minimum Gasteiger partial charge on any atom is -0.338 e. The van der Waals surface area contributed by atoms with Gasteiger partial charge in [-0.3, -0.25) is 14.3 Å². The first-order chi connectivity index (χ1) is 11.2. The lowest BCUT2D eigenvalue weighted by Crippen LogP contribution is -2.38. The Hall–Kier alpha value is -1.66. The van der Waals surface area contributed by atoms with Gasteiger partial charge in [-0.2, -0.15) is 0 Å². The number of benzene rings is 1. The number of carbonyl (C=O) groups is 3. The average molecular weight is 332 g/mol. The van der Waals surface area contributed by atoms with Gasteiger partial charge in [0, 0.05) is 37.6 Å². The molecule has 2 aliphatic heterocycles. The van der Waals surface area contributed by atoms with Crippen LogP contribution in [0.15, 0.2) is 24.3 Å². The molecule has 2 atom stereocenters. The van der Waals surface area contributed by atoms with E-state index in [9.17, 15) is 14.4 Å². The van der Waals surface area contributed by atoms with E-state index in [4.69, 9.17) is 0 Å². The van der Waals surface area contributed by atoms with E-state index in [1.54, 1.807) is 0 Å². The molecule has 0 aliphatic carbocycles. The molecule has 1 aromatic carbocycles. The quantitative estimate of drug-likeness (QED) is 0.651. The molecule has 1 N–H and O–H groups in total. The Bertz CT molecular complexity index is 620. The van der Waals surface area contributed by atoms with Crippen LogP contribution in [0.4, 0.5) is 0 Å². The second kappa shape index (κ2) is 7.27. The predicted octanol–water partition coefficient (Wildman–Crippen LogP) is 1.36. The summed E-state index contributed by atoms with van der Waals surface area (Å²) in [6, 6.07) is 7.72. The van der Waals surface area contributed by atoms with E-state index in [2.05, 4.69) is 10.8 Å². The Morgan fingerprint density at radius 2 is 2.04 bits per heavy atom. The number of Topliss-reactive ketones (excluding diaryl/α,β-unsaturated/α-hetero) is 1. The van der Waals surface area contributed by atoms with Crippen molar-refractivity contribution in [3.05, 3.63) is 35.4 Å². The maximum atomic E-state index is 12.4. The number of nitrogens with one attached hydrogen (secondary N) is 1. The highest BCUT2D eigenvalue weighted by atomic mass is 32.2. The molecular formula is C17H20N2O3S. The van der Waals surface area contributed by atoms with E-state index in [1.807, 2.05) is 23.1 Å². The fourth-order valence-corrected chi connectivity index (χ4v) is 4.14. The summed E-state index contributed by atoms with van der Waals surface area (Å²) in [5.74, 6) is 0.319. The molecule has 1 saturated heterocycles. The number of amides is 1. The van der Waals surface area contributed by atoms with Crippen LogP contribution in [0.3, 0.4) is 0 Å². The third-order valence-electron chi connectivity index (χ3n) is 4.50. The molecule has 3 rings (SSSR count). The maximum Gasteiger partial charge on any atom is 0.223 e. The van der Waals surface area contributed by atoms with E-state index in [1.165, 1.54) is 23.1 Å². The monoisotopic (exact) mass is 332 g/mol. The fraction of sp³-hybridized carbons (Fsp3) is 0.471. The fourth-order valence-electron chi connectivity index (χ4n) is 3.09. The molecule has 1 unspecified atom stereocenters. The van der Waals surface area contributed by atoms with Gasteiger partial charge in [0.15, 0.2) is 5.78 Å². The van der Waals surface area contributed by atoms with Crippen LogP contribution in [0.2, 0.25) is 0 Å². The Morgan fingerprint density at radius 1 is 1.26 bits per heavy atom. The van der Waals surface area contributed by atoms with Gasteiger partial charge in [-0.1, -0.05) is 36.2 Å². The van der Waals surface area contributed by atoms with Crippen LogP contribution in [-0.2, 0) is 27.3 Å². The Morgan fingerprint density at radius 3 is 2.83 bits per heavy atom. The molecule has 1 fully saturated rings. The second-order valence-corrected chi connectivity index (χ2v) is 6.86. The van der Waals surface area contributed by atoms with Crippen molar-refractivity contribution in [2.45, 2.75) is 31.8 Å². The predicted molar refractivity (Wildman–Crippen MR) is 88.7 cm³/mol. The molecule has 122 valence electrons. The van der Waals surface area contributed by atoms with Gasteiger partial charge in [-0.05, 0) is 17.5 Å². The zero-order chi connectivity index (χ0) is 16.2. The van der Waals surface area contributed by atoms with Gasteiger partial charge in [-0.25, -0.2) is 0 Å². The number of carbonyl (C=O) groups excluding carboxylic acids is 3.